The summed E-state index contributed by atoms with van der Waals surface area (Å²) in [5.41, 5.74) is 3.75. The summed E-state index contributed by atoms with van der Waals surface area (Å²) in [6, 6.07) is 12.4. The highest BCUT2D eigenvalue weighted by molar-refractivity contribution is 9.10. The summed E-state index contributed by atoms with van der Waals surface area (Å²) in [5, 5.41) is 16.9. The van der Waals surface area contributed by atoms with Crippen molar-refractivity contribution in [2.45, 2.75) is 32.2 Å². The van der Waals surface area contributed by atoms with Crippen LogP contribution in [0.3, 0.4) is 0 Å². The zero-order valence-electron chi connectivity index (χ0n) is 19.9. The number of nitrogens with one attached hydrogen (secondary N) is 1. The van der Waals surface area contributed by atoms with Crippen LogP contribution in [0.15, 0.2) is 59.5 Å². The second-order valence-electron chi connectivity index (χ2n) is 9.40. The van der Waals surface area contributed by atoms with Gasteiger partial charge in [-0.1, -0.05) is 6.07 Å². The fraction of sp³-hybridized carbons (Fsp3) is 0.259. The molecule has 0 unspecified atom stereocenters. The fourth-order valence-electron chi connectivity index (χ4n) is 4.66. The fourth-order valence-corrected chi connectivity index (χ4v) is 5.08. The number of hydrogen-bond donors (Lipinski definition) is 1. The molecule has 0 atom stereocenters. The summed E-state index contributed by atoms with van der Waals surface area (Å²) in [6.45, 7) is 5.30. The highest BCUT2D eigenvalue weighted by Gasteiger charge is 2.32. The van der Waals surface area contributed by atoms with Crippen LogP contribution in [-0.2, 0) is 0 Å². The molecule has 1 aliphatic heterocycles. The van der Waals surface area contributed by atoms with Gasteiger partial charge in [-0.15, -0.1) is 0 Å². The number of nitriles is 1. The zero-order chi connectivity index (χ0) is 25.4. The molecule has 1 aromatic carbocycles. The van der Waals surface area contributed by atoms with Crippen molar-refractivity contribution >= 4 is 33.2 Å². The average Bonchev–Trinajstić information content (AvgIpc) is 3.28. The van der Waals surface area contributed by atoms with Crippen molar-refractivity contribution in [1.29, 1.82) is 5.26 Å². The Morgan fingerprint density at radius 1 is 1.19 bits per heavy atom. The molecule has 0 radical (unpaired) electrons. The summed E-state index contributed by atoms with van der Waals surface area (Å²) in [6.07, 6.45) is 6.68. The van der Waals surface area contributed by atoms with E-state index < -0.39 is 5.82 Å². The summed E-state index contributed by atoms with van der Waals surface area (Å²) >= 11 is 3.52. The molecule has 1 N–H and O–H groups in total. The van der Waals surface area contributed by atoms with Gasteiger partial charge in [0.05, 0.1) is 17.3 Å². The number of benzene rings is 1. The van der Waals surface area contributed by atoms with Gasteiger partial charge in [0.25, 0.3) is 5.91 Å². The number of halogens is 2. The Balaban J connectivity index is 1.30. The third-order valence-electron chi connectivity index (χ3n) is 6.81. The van der Waals surface area contributed by atoms with E-state index in [1.54, 1.807) is 16.8 Å². The number of piperidine rings is 1. The maximum Gasteiger partial charge on any atom is 0.252 e. The van der Waals surface area contributed by atoms with Gasteiger partial charge in [0.1, 0.15) is 17.7 Å². The molecule has 9 heteroatoms. The Labute approximate surface area is 216 Å². The molecule has 3 aromatic heterocycles. The van der Waals surface area contributed by atoms with Gasteiger partial charge in [-0.2, -0.15) is 10.4 Å². The van der Waals surface area contributed by atoms with Gasteiger partial charge in [0, 0.05) is 52.2 Å². The van der Waals surface area contributed by atoms with E-state index in [-0.39, 0.29) is 11.4 Å². The number of aromatic nitrogens is 3. The maximum absolute atomic E-state index is 13.7. The molecule has 4 aromatic rings. The average molecular weight is 547 g/mol. The van der Waals surface area contributed by atoms with Crippen LogP contribution in [0.1, 0.15) is 41.3 Å². The Morgan fingerprint density at radius 3 is 2.67 bits per heavy atom. The molecule has 0 saturated carbocycles. The van der Waals surface area contributed by atoms with Crippen molar-refractivity contribution < 1.29 is 9.18 Å². The molecule has 1 aliphatic rings. The standard InChI is InChI=1S/C27H24BrFN6O/c1-17-3-5-21(29)12-22(17)26(36)33-27(2)7-9-34(10-8-27)24-6-4-18(14-31-24)23-11-20(28)16-35-25(23)19(13-30)15-32-35/h3-6,11-12,14-16H,7-10H2,1-2H3,(H,33,36). The van der Waals surface area contributed by atoms with Crippen molar-refractivity contribution in [3.63, 3.8) is 0 Å². The molecule has 182 valence electrons. The van der Waals surface area contributed by atoms with E-state index >= 15 is 0 Å². The maximum atomic E-state index is 13.7. The van der Waals surface area contributed by atoms with Crippen LogP contribution < -0.4 is 10.2 Å². The van der Waals surface area contributed by atoms with E-state index in [9.17, 15) is 14.4 Å². The number of nitrogens with zero attached hydrogens (tertiary/aromatic N) is 5. The second-order valence-corrected chi connectivity index (χ2v) is 10.3. The number of pyridine rings is 2. The van der Waals surface area contributed by atoms with Crippen LogP contribution in [0.5, 0.6) is 0 Å². The molecule has 1 saturated heterocycles. The van der Waals surface area contributed by atoms with E-state index in [1.165, 1.54) is 12.1 Å². The van der Waals surface area contributed by atoms with Gasteiger partial charge < -0.3 is 10.2 Å². The minimum absolute atomic E-state index is 0.248. The van der Waals surface area contributed by atoms with E-state index in [2.05, 4.69) is 37.3 Å². The van der Waals surface area contributed by atoms with Crippen LogP contribution >= 0.6 is 15.9 Å². The van der Waals surface area contributed by atoms with Crippen molar-refractivity contribution in [3.8, 4) is 17.2 Å². The number of amides is 1. The third kappa shape index (κ3) is 4.56. The van der Waals surface area contributed by atoms with Gasteiger partial charge in [0.15, 0.2) is 0 Å². The Bertz CT molecular complexity index is 1500. The minimum atomic E-state index is -0.416. The number of carbonyl (C=O) groups is 1. The molecule has 4 heterocycles. The normalized spacial score (nSPS) is 15.0. The van der Waals surface area contributed by atoms with E-state index in [0.717, 1.165) is 58.4 Å². The van der Waals surface area contributed by atoms with Gasteiger partial charge in [-0.05, 0) is 78.5 Å². The van der Waals surface area contributed by atoms with Crippen LogP contribution in [0.4, 0.5) is 10.2 Å². The predicted octanol–water partition coefficient (Wildman–Crippen LogP) is 5.27. The zero-order valence-corrected chi connectivity index (χ0v) is 21.5. The minimum Gasteiger partial charge on any atom is -0.356 e. The topological polar surface area (TPSA) is 86.3 Å². The van der Waals surface area contributed by atoms with Crippen molar-refractivity contribution in [1.82, 2.24) is 19.9 Å². The van der Waals surface area contributed by atoms with Crippen LogP contribution in [0.2, 0.25) is 0 Å². The second kappa shape index (κ2) is 9.36. The summed E-state index contributed by atoms with van der Waals surface area (Å²) in [5.74, 6) is 0.191. The number of rotatable bonds is 4. The molecular weight excluding hydrogens is 523 g/mol. The molecule has 5 rings (SSSR count). The Kier molecular flexibility index (Phi) is 6.22. The van der Waals surface area contributed by atoms with Gasteiger partial charge in [-0.25, -0.2) is 13.9 Å². The SMILES string of the molecule is Cc1ccc(F)cc1C(=O)NC1(C)CCN(c2ccc(-c3cc(Br)cn4ncc(C#N)c34)cn2)CC1. The van der Waals surface area contributed by atoms with Crippen molar-refractivity contribution in [2.75, 3.05) is 18.0 Å². The first-order valence-corrected chi connectivity index (χ1v) is 12.4. The lowest BCUT2D eigenvalue weighted by Crippen LogP contribution is -2.53. The van der Waals surface area contributed by atoms with Crippen LogP contribution in [0.25, 0.3) is 16.6 Å². The number of fused-ring (bicyclic) bond motifs is 1. The molecular formula is C27H24BrFN6O. The first kappa shape index (κ1) is 23.9. The highest BCUT2D eigenvalue weighted by Crippen LogP contribution is 2.31. The van der Waals surface area contributed by atoms with E-state index in [0.29, 0.717) is 11.1 Å². The molecule has 1 amide bonds. The molecule has 0 bridgehead atoms. The largest absolute Gasteiger partial charge is 0.356 e. The van der Waals surface area contributed by atoms with Crippen molar-refractivity contribution in [3.05, 3.63) is 82.0 Å². The molecule has 1 fully saturated rings. The van der Waals surface area contributed by atoms with Gasteiger partial charge >= 0.3 is 0 Å². The monoisotopic (exact) mass is 546 g/mol. The summed E-state index contributed by atoms with van der Waals surface area (Å²) < 4.78 is 16.2. The van der Waals surface area contributed by atoms with Gasteiger partial charge in [-0.3, -0.25) is 4.79 Å². The summed E-state index contributed by atoms with van der Waals surface area (Å²) in [4.78, 5) is 19.7. The molecule has 0 spiro atoms. The predicted molar refractivity (Wildman–Crippen MR) is 139 cm³/mol. The number of hydrogen-bond acceptors (Lipinski definition) is 5. The van der Waals surface area contributed by atoms with Gasteiger partial charge in [0.2, 0.25) is 0 Å². The summed E-state index contributed by atoms with van der Waals surface area (Å²) in [7, 11) is 0. The molecule has 7 nitrogen and oxygen atoms in total. The Hall–Kier alpha value is -3.77. The molecule has 36 heavy (non-hydrogen) atoms. The molecule has 0 aliphatic carbocycles. The number of aryl methyl sites for hydroxylation is 1. The van der Waals surface area contributed by atoms with Crippen LogP contribution in [0, 0.1) is 24.1 Å². The lowest BCUT2D eigenvalue weighted by molar-refractivity contribution is 0.0890. The van der Waals surface area contributed by atoms with E-state index in [1.807, 2.05) is 44.4 Å². The number of carbonyl (C=O) groups excluding carboxylic acids is 1. The van der Waals surface area contributed by atoms with Crippen molar-refractivity contribution in [2.24, 2.45) is 0 Å². The smallest absolute Gasteiger partial charge is 0.252 e. The first-order valence-electron chi connectivity index (χ1n) is 11.6. The quantitative estimate of drug-likeness (QED) is 0.377. The van der Waals surface area contributed by atoms with E-state index in [4.69, 9.17) is 4.98 Å². The first-order chi connectivity index (χ1) is 17.3. The Morgan fingerprint density at radius 2 is 1.97 bits per heavy atom. The third-order valence-corrected chi connectivity index (χ3v) is 7.24. The highest BCUT2D eigenvalue weighted by atomic mass is 79.9. The lowest BCUT2D eigenvalue weighted by Gasteiger charge is -2.40. The van der Waals surface area contributed by atoms with Crippen LogP contribution in [-0.4, -0.2) is 39.1 Å². The lowest BCUT2D eigenvalue weighted by atomic mass is 9.89. The number of anilines is 1.